The van der Waals surface area contributed by atoms with Crippen LogP contribution in [0, 0.1) is 11.8 Å². The minimum Gasteiger partial charge on any atom is -0.392 e. The molecule has 1 aliphatic heterocycles. The molecule has 6 nitrogen and oxygen atoms in total. The van der Waals surface area contributed by atoms with E-state index in [2.05, 4.69) is 10.3 Å². The Bertz CT molecular complexity index is 1160. The molecule has 9 heteroatoms. The monoisotopic (exact) mass is 515 g/mol. The molecule has 0 bridgehead atoms. The molecule has 198 valence electrons. The molecular weight excluding hydrogens is 483 g/mol. The topological polar surface area (TPSA) is 82.0 Å². The normalized spacial score (nSPS) is 19.5. The molecule has 2 N–H and O–H groups in total. The van der Waals surface area contributed by atoms with Gasteiger partial charge in [-0.2, -0.15) is 13.2 Å². The van der Waals surface area contributed by atoms with Crippen LogP contribution in [0.2, 0.25) is 0 Å². The fraction of sp³-hybridized carbons (Fsp3) is 0.464. The van der Waals surface area contributed by atoms with Crippen LogP contribution in [0.5, 0.6) is 0 Å². The number of benzodiazepines with no additional fused rings is 1. The first-order valence-corrected chi connectivity index (χ1v) is 12.7. The predicted molar refractivity (Wildman–Crippen MR) is 135 cm³/mol. The van der Waals surface area contributed by atoms with E-state index in [0.29, 0.717) is 41.3 Å². The van der Waals surface area contributed by atoms with Gasteiger partial charge in [-0.1, -0.05) is 62.9 Å². The van der Waals surface area contributed by atoms with Crippen molar-refractivity contribution in [3.63, 3.8) is 0 Å². The number of aliphatic hydroxyl groups is 1. The number of nitrogens with one attached hydrogen (secondary N) is 1. The number of halogens is 3. The van der Waals surface area contributed by atoms with Crippen molar-refractivity contribution in [1.29, 1.82) is 0 Å². The number of unbranched alkanes of at least 4 members (excludes halogenated alkanes) is 1. The largest absolute Gasteiger partial charge is 0.416 e. The molecule has 37 heavy (non-hydrogen) atoms. The first kappa shape index (κ1) is 26.9. The van der Waals surface area contributed by atoms with Gasteiger partial charge in [-0.15, -0.1) is 0 Å². The van der Waals surface area contributed by atoms with Crippen molar-refractivity contribution in [3.05, 3.63) is 65.2 Å². The van der Waals surface area contributed by atoms with Crippen molar-refractivity contribution >= 4 is 23.2 Å². The second-order valence-corrected chi connectivity index (χ2v) is 9.87. The first-order valence-electron chi connectivity index (χ1n) is 12.7. The molecule has 1 aliphatic carbocycles. The van der Waals surface area contributed by atoms with Crippen LogP contribution in [0.3, 0.4) is 0 Å². The Morgan fingerprint density at radius 2 is 1.84 bits per heavy atom. The number of anilines is 1. The van der Waals surface area contributed by atoms with E-state index >= 15 is 0 Å². The Labute approximate surface area is 214 Å². The Kier molecular flexibility index (Phi) is 8.02. The predicted octanol–water partition coefficient (Wildman–Crippen LogP) is 4.93. The third-order valence-electron chi connectivity index (χ3n) is 7.05. The van der Waals surface area contributed by atoms with E-state index in [1.54, 1.807) is 31.3 Å². The van der Waals surface area contributed by atoms with E-state index in [9.17, 15) is 27.9 Å². The van der Waals surface area contributed by atoms with Gasteiger partial charge in [0.1, 0.15) is 0 Å². The lowest BCUT2D eigenvalue weighted by Crippen LogP contribution is -2.49. The van der Waals surface area contributed by atoms with Gasteiger partial charge in [-0.25, -0.2) is 4.99 Å². The molecule has 2 aromatic rings. The minimum absolute atomic E-state index is 0.303. The van der Waals surface area contributed by atoms with Crippen LogP contribution < -0.4 is 10.2 Å². The highest BCUT2D eigenvalue weighted by Crippen LogP contribution is 2.37. The summed E-state index contributed by atoms with van der Waals surface area (Å²) < 4.78 is 39.4. The molecule has 1 saturated carbocycles. The molecule has 1 fully saturated rings. The van der Waals surface area contributed by atoms with E-state index in [0.717, 1.165) is 37.8 Å². The van der Waals surface area contributed by atoms with Crippen molar-refractivity contribution in [2.75, 3.05) is 11.9 Å². The number of nitrogens with zero attached hydrogens (tertiary/aromatic N) is 2. The maximum atomic E-state index is 13.4. The van der Waals surface area contributed by atoms with Crippen LogP contribution in [0.1, 0.15) is 62.1 Å². The van der Waals surface area contributed by atoms with Crippen LogP contribution in [-0.2, 0) is 15.8 Å². The number of rotatable bonds is 9. The molecule has 2 aromatic carbocycles. The summed E-state index contributed by atoms with van der Waals surface area (Å²) in [7, 11) is 1.57. The highest BCUT2D eigenvalue weighted by Gasteiger charge is 2.37. The number of hydrogen-bond donors (Lipinski definition) is 2. The molecule has 0 saturated heterocycles. The third kappa shape index (κ3) is 6.21. The van der Waals surface area contributed by atoms with E-state index < -0.39 is 41.7 Å². The van der Waals surface area contributed by atoms with Gasteiger partial charge in [0.15, 0.2) is 0 Å². The number of carbonyl (C=O) groups excluding carboxylic acids is 2. The minimum atomic E-state index is -4.48. The van der Waals surface area contributed by atoms with Crippen molar-refractivity contribution in [1.82, 2.24) is 5.32 Å². The number of aliphatic imine (C=N–C) groups is 1. The molecule has 4 rings (SSSR count). The van der Waals surface area contributed by atoms with Gasteiger partial charge in [0, 0.05) is 18.2 Å². The summed E-state index contributed by atoms with van der Waals surface area (Å²) in [6, 6.07) is 11.5. The number of para-hydroxylation sites is 1. The zero-order chi connectivity index (χ0) is 26.7. The zero-order valence-electron chi connectivity index (χ0n) is 21.0. The molecule has 0 aromatic heterocycles. The number of carbonyl (C=O) groups is 2. The average molecular weight is 516 g/mol. The summed E-state index contributed by atoms with van der Waals surface area (Å²) >= 11 is 0. The van der Waals surface area contributed by atoms with Gasteiger partial charge in [0.25, 0.3) is 5.91 Å². The van der Waals surface area contributed by atoms with Crippen molar-refractivity contribution < 1.29 is 27.9 Å². The second-order valence-electron chi connectivity index (χ2n) is 9.87. The Morgan fingerprint density at radius 1 is 1.16 bits per heavy atom. The number of likely N-dealkylation sites (N-methyl/N-ethyl adjacent to an activating group) is 1. The van der Waals surface area contributed by atoms with E-state index in [1.807, 2.05) is 6.92 Å². The Morgan fingerprint density at radius 3 is 2.46 bits per heavy atom. The molecule has 1 heterocycles. The summed E-state index contributed by atoms with van der Waals surface area (Å²) in [5.41, 5.74) is 0.992. The third-order valence-corrected chi connectivity index (χ3v) is 7.05. The Balaban J connectivity index is 1.68. The van der Waals surface area contributed by atoms with Crippen LogP contribution >= 0.6 is 0 Å². The van der Waals surface area contributed by atoms with Crippen molar-refractivity contribution in [3.8, 4) is 0 Å². The molecule has 0 spiro atoms. The number of benzene rings is 2. The van der Waals surface area contributed by atoms with Crippen molar-refractivity contribution in [2.24, 2.45) is 16.8 Å². The summed E-state index contributed by atoms with van der Waals surface area (Å²) in [6.45, 7) is 2.01. The standard InChI is InChI=1S/C28H32F3N3O3/c1-3-4-9-23(35)21(16-17-10-11-17)26(36)33-25-27(37)34(2)22-8-6-5-7-20(22)24(32-25)18-12-14-19(15-13-18)28(29,30)31/h5-8,12-15,17,21,23,25,35H,3-4,9-11,16H2,1-2H3,(H,33,36)/t21-,23+,25?/m0/s1. The van der Waals surface area contributed by atoms with Crippen LogP contribution in [0.25, 0.3) is 0 Å². The summed E-state index contributed by atoms with van der Waals surface area (Å²) in [6.07, 6.45) is -1.86. The molecule has 3 atom stereocenters. The van der Waals surface area contributed by atoms with Crippen molar-refractivity contribution in [2.45, 2.75) is 63.9 Å². The molecule has 2 amide bonds. The summed E-state index contributed by atoms with van der Waals surface area (Å²) in [4.78, 5) is 32.7. The molecule has 1 unspecified atom stereocenters. The van der Waals surface area contributed by atoms with Gasteiger partial charge < -0.3 is 15.3 Å². The SMILES string of the molecule is CCCC[C@@H](O)[C@H](CC1CC1)C(=O)NC1N=C(c2ccc(C(F)(F)F)cc2)c2ccccc2N(C)C1=O. The molecule has 2 aliphatic rings. The first-order chi connectivity index (χ1) is 17.6. The lowest BCUT2D eigenvalue weighted by molar-refractivity contribution is -0.137. The fourth-order valence-corrected chi connectivity index (χ4v) is 4.67. The van der Waals surface area contributed by atoms with E-state index in [-0.39, 0.29) is 0 Å². The Hall–Kier alpha value is -3.20. The van der Waals surface area contributed by atoms with Crippen LogP contribution in [0.4, 0.5) is 18.9 Å². The van der Waals surface area contributed by atoms with Crippen LogP contribution in [-0.4, -0.2) is 41.9 Å². The molecular formula is C28H32F3N3O3. The quantitative estimate of drug-likeness (QED) is 0.497. The second kappa shape index (κ2) is 11.0. The zero-order valence-corrected chi connectivity index (χ0v) is 21.0. The number of aliphatic hydroxyl groups excluding tert-OH is 1. The smallest absolute Gasteiger partial charge is 0.392 e. The van der Waals surface area contributed by atoms with Gasteiger partial charge >= 0.3 is 6.18 Å². The maximum Gasteiger partial charge on any atom is 0.416 e. The number of alkyl halides is 3. The van der Waals surface area contributed by atoms with Gasteiger partial charge in [0.05, 0.1) is 29.0 Å². The summed E-state index contributed by atoms with van der Waals surface area (Å²) in [5.74, 6) is -1.19. The summed E-state index contributed by atoms with van der Waals surface area (Å²) in [5, 5.41) is 13.5. The highest BCUT2D eigenvalue weighted by atomic mass is 19.4. The van der Waals surface area contributed by atoms with E-state index in [1.165, 1.54) is 17.0 Å². The average Bonchev–Trinajstić information content (AvgIpc) is 3.71. The number of amides is 2. The lowest BCUT2D eigenvalue weighted by Gasteiger charge is -2.25. The van der Waals surface area contributed by atoms with Gasteiger partial charge in [-0.05, 0) is 37.0 Å². The molecule has 0 radical (unpaired) electrons. The van der Waals surface area contributed by atoms with Crippen LogP contribution in [0.15, 0.2) is 53.5 Å². The highest BCUT2D eigenvalue weighted by molar-refractivity contribution is 6.20. The number of hydrogen-bond acceptors (Lipinski definition) is 4. The van der Waals surface area contributed by atoms with Gasteiger partial charge in [-0.3, -0.25) is 9.59 Å². The van der Waals surface area contributed by atoms with Gasteiger partial charge in [0.2, 0.25) is 12.1 Å². The number of fused-ring (bicyclic) bond motifs is 1. The maximum absolute atomic E-state index is 13.4. The van der Waals surface area contributed by atoms with E-state index in [4.69, 9.17) is 0 Å². The lowest BCUT2D eigenvalue weighted by atomic mass is 9.91. The fourth-order valence-electron chi connectivity index (χ4n) is 4.67.